The molecule has 4 atom stereocenters. The van der Waals surface area contributed by atoms with Gasteiger partial charge in [0.2, 0.25) is 5.95 Å². The minimum atomic E-state index is -0.617. The Hall–Kier alpha value is -3.84. The average Bonchev–Trinajstić information content (AvgIpc) is 4.07. The Morgan fingerprint density at radius 3 is 1.69 bits per heavy atom. The molecule has 2 saturated heterocycles. The number of halogens is 1. The summed E-state index contributed by atoms with van der Waals surface area (Å²) in [6.45, 7) is 5.11. The van der Waals surface area contributed by atoms with Gasteiger partial charge in [0.05, 0.1) is 70.6 Å². The standard InChI is InChI=1S/C21H21N7O.C15H19N5O.C6H3FN2.CH2O3.2Cs.H/c1-15-6-7-17(26-20-12-16(13-22)8-9-23-20)14-27(15)21(29)18-4-2-3-5-19(18)28-24-10-11-25-28;1-11-6-7-12(16)10-19(11)15(21)13-4-2-3-5-14(13)20-17-8-9-18-20;7-6-3-5(4-8)1-2-9-6;2-1-4-3;;;/h2-5,8-12,15,17H,6-7,14H2,1H3,(H,23,26);2-5,8-9,11-12H,6-7,10,16H2,1H3;1-3H;1,3H;;;/q;;;;2*+1;-1/p-1/t15-,17-;11-,12-;;;;;/m11...../s1. The molecule has 0 spiro atoms. The van der Waals surface area contributed by atoms with Gasteiger partial charge in [0.15, 0.2) is 0 Å². The molecule has 0 bridgehead atoms. The van der Waals surface area contributed by atoms with Crippen molar-refractivity contribution in [2.45, 2.75) is 63.7 Å². The maximum absolute atomic E-state index is 13.4. The Bertz CT molecular complexity index is 2510. The molecule has 6 heterocycles. The fourth-order valence-electron chi connectivity index (χ4n) is 6.83. The van der Waals surface area contributed by atoms with Gasteiger partial charge in [-0.2, -0.15) is 44.9 Å². The summed E-state index contributed by atoms with van der Waals surface area (Å²) in [5.41, 5.74) is 9.39. The number of hydrogen-bond acceptors (Lipinski definition) is 15. The monoisotopic (exact) mass is 1120 g/mol. The van der Waals surface area contributed by atoms with Crippen LogP contribution in [0.5, 0.6) is 0 Å². The van der Waals surface area contributed by atoms with E-state index in [1.807, 2.05) is 58.3 Å². The first-order valence-electron chi connectivity index (χ1n) is 19.7. The molecule has 65 heavy (non-hydrogen) atoms. The summed E-state index contributed by atoms with van der Waals surface area (Å²) in [5, 5.41) is 45.7. The minimum Gasteiger partial charge on any atom is -1.00 e. The average molecular weight is 1120 g/mol. The summed E-state index contributed by atoms with van der Waals surface area (Å²) in [7, 11) is 0. The zero-order valence-electron chi connectivity index (χ0n) is 37.4. The number of carbonyl (C=O) groups excluding carboxylic acids is 3. The van der Waals surface area contributed by atoms with Gasteiger partial charge in [-0.25, -0.2) is 9.97 Å². The maximum Gasteiger partial charge on any atom is 1.00 e. The Kier molecular flexibility index (Phi) is 24.8. The first-order chi connectivity index (χ1) is 30.6. The van der Waals surface area contributed by atoms with Crippen LogP contribution in [0.2, 0.25) is 0 Å². The van der Waals surface area contributed by atoms with E-state index in [-0.39, 0.29) is 182 Å². The van der Waals surface area contributed by atoms with Crippen LogP contribution in [0.3, 0.4) is 0 Å². The smallest absolute Gasteiger partial charge is 1.00 e. The van der Waals surface area contributed by atoms with Crippen LogP contribution in [0.4, 0.5) is 10.2 Å². The van der Waals surface area contributed by atoms with Crippen molar-refractivity contribution in [2.75, 3.05) is 18.4 Å². The molecular weight excluding hydrogens is 1080 g/mol. The second-order valence-corrected chi connectivity index (χ2v) is 14.3. The number of nitrogens with one attached hydrogen (secondary N) is 1. The molecule has 3 N–H and O–H groups in total. The van der Waals surface area contributed by atoms with Gasteiger partial charge in [0.1, 0.15) is 5.82 Å². The molecular formula is C43H45Cs2FN14O5. The summed E-state index contributed by atoms with van der Waals surface area (Å²) in [4.78, 5) is 51.8. The molecule has 326 valence electrons. The molecule has 4 aromatic heterocycles. The van der Waals surface area contributed by atoms with E-state index in [9.17, 15) is 14.0 Å². The van der Waals surface area contributed by atoms with Crippen molar-refractivity contribution in [2.24, 2.45) is 5.73 Å². The van der Waals surface area contributed by atoms with E-state index < -0.39 is 5.95 Å². The van der Waals surface area contributed by atoms with E-state index in [0.29, 0.717) is 52.5 Å². The zero-order chi connectivity index (χ0) is 45.1. The van der Waals surface area contributed by atoms with Gasteiger partial charge in [-0.1, -0.05) is 24.3 Å². The number of carbonyl (C=O) groups is 3. The normalized spacial score (nSPS) is 17.1. The van der Waals surface area contributed by atoms with Gasteiger partial charge >= 0.3 is 138 Å². The predicted molar refractivity (Wildman–Crippen MR) is 224 cm³/mol. The topological polar surface area (TPSA) is 263 Å². The first kappa shape index (κ1) is 55.5. The van der Waals surface area contributed by atoms with Gasteiger partial charge in [0.25, 0.3) is 18.3 Å². The number of nitriles is 2. The third kappa shape index (κ3) is 16.5. The molecule has 2 fully saturated rings. The predicted octanol–water partition coefficient (Wildman–Crippen LogP) is -2.49. The molecule has 0 saturated carbocycles. The van der Waals surface area contributed by atoms with Gasteiger partial charge in [-0.05, 0) is 82.0 Å². The fraction of sp³-hybridized carbons (Fsp3) is 0.279. The van der Waals surface area contributed by atoms with E-state index in [1.165, 1.54) is 21.9 Å². The molecule has 2 aliphatic heterocycles. The van der Waals surface area contributed by atoms with E-state index in [2.05, 4.69) is 60.5 Å². The molecule has 0 aliphatic carbocycles. The van der Waals surface area contributed by atoms with Crippen molar-refractivity contribution in [3.63, 3.8) is 0 Å². The largest absolute Gasteiger partial charge is 1.00 e. The van der Waals surface area contributed by atoms with Crippen molar-refractivity contribution < 1.29 is 168 Å². The number of piperidine rings is 2. The molecule has 2 aliphatic rings. The number of rotatable bonds is 7. The summed E-state index contributed by atoms with van der Waals surface area (Å²) >= 11 is 0. The number of nitrogens with two attached hydrogens (primary N) is 1. The van der Waals surface area contributed by atoms with Crippen LogP contribution in [0.25, 0.3) is 11.4 Å². The third-order valence-corrected chi connectivity index (χ3v) is 10.00. The van der Waals surface area contributed by atoms with Gasteiger partial charge in [-0.15, -0.1) is 0 Å². The molecule has 6 aromatic rings. The number of para-hydroxylation sites is 2. The Labute approximate surface area is 494 Å². The van der Waals surface area contributed by atoms with Crippen LogP contribution < -0.4 is 154 Å². The molecule has 22 heteroatoms. The number of aromatic nitrogens is 8. The summed E-state index contributed by atoms with van der Waals surface area (Å²) in [6.07, 6.45) is 13.0. The number of nitrogens with zero attached hydrogens (tertiary/aromatic N) is 12. The quantitative estimate of drug-likeness (QED) is 0.0725. The number of amides is 2. The van der Waals surface area contributed by atoms with E-state index in [4.69, 9.17) is 26.3 Å². The summed E-state index contributed by atoms with van der Waals surface area (Å²) in [5.74, 6) is -0.0209. The van der Waals surface area contributed by atoms with Crippen LogP contribution in [0, 0.1) is 28.6 Å². The first-order valence-corrected chi connectivity index (χ1v) is 19.7. The van der Waals surface area contributed by atoms with Crippen molar-refractivity contribution in [3.05, 3.63) is 138 Å². The number of pyridine rings is 2. The minimum absolute atomic E-state index is 0. The number of likely N-dealkylation sites (tertiary alicyclic amines) is 2. The maximum atomic E-state index is 13.4. The van der Waals surface area contributed by atoms with Crippen LogP contribution in [0.15, 0.2) is 110 Å². The molecule has 0 unspecified atom stereocenters. The molecule has 19 nitrogen and oxygen atoms in total. The van der Waals surface area contributed by atoms with Crippen molar-refractivity contribution in [3.8, 4) is 23.5 Å². The molecule has 2 amide bonds. The number of benzene rings is 2. The summed E-state index contributed by atoms with van der Waals surface area (Å²) < 4.78 is 12.1. The molecule has 2 aromatic carbocycles. The Morgan fingerprint density at radius 2 is 1.22 bits per heavy atom. The number of hydrogen-bond donors (Lipinski definition) is 2. The molecule has 0 radical (unpaired) electrons. The zero-order valence-corrected chi connectivity index (χ0v) is 48.9. The van der Waals surface area contributed by atoms with E-state index >= 15 is 0 Å². The molecule has 8 rings (SSSR count). The van der Waals surface area contributed by atoms with E-state index in [1.54, 1.807) is 49.2 Å². The van der Waals surface area contributed by atoms with Crippen molar-refractivity contribution >= 4 is 24.1 Å². The van der Waals surface area contributed by atoms with Crippen molar-refractivity contribution in [1.29, 1.82) is 10.5 Å². The van der Waals surface area contributed by atoms with Gasteiger partial charge < -0.3 is 32.4 Å². The van der Waals surface area contributed by atoms with Gasteiger partial charge in [-0.3, -0.25) is 14.4 Å². The Morgan fingerprint density at radius 1 is 0.754 bits per heavy atom. The van der Waals surface area contributed by atoms with E-state index in [0.717, 1.165) is 31.7 Å². The fourth-order valence-corrected chi connectivity index (χ4v) is 6.83. The SMILES string of the molecule is C[C@@H]1CC[C@@H](N)CN1C(=O)c1ccccc1-n1nccn1.C[C@@H]1CC[C@@H](Nc2cc(C#N)ccn2)CN1C(=O)c1ccccc1-n1nccn1.N#Cc1ccnc(F)c1.O=CO[O-].[Cs+].[Cs+].[H-]. The van der Waals surface area contributed by atoms with Crippen molar-refractivity contribution in [1.82, 2.24) is 49.8 Å². The van der Waals surface area contributed by atoms with Crippen LogP contribution in [-0.4, -0.2) is 105 Å². The van der Waals surface area contributed by atoms with Crippen LogP contribution in [0.1, 0.15) is 72.8 Å². The summed E-state index contributed by atoms with van der Waals surface area (Å²) in [6, 6.07) is 25.0. The Balaban J connectivity index is 0.000000353. The number of anilines is 1. The third-order valence-electron chi connectivity index (χ3n) is 10.00. The van der Waals surface area contributed by atoms with Crippen LogP contribution in [-0.2, 0) is 9.68 Å². The van der Waals surface area contributed by atoms with Gasteiger partial charge in [0, 0.05) is 55.7 Å². The second kappa shape index (κ2) is 29.0. The van der Waals surface area contributed by atoms with Crippen LogP contribution >= 0.6 is 0 Å². The second-order valence-electron chi connectivity index (χ2n) is 14.3.